The molecule has 0 bridgehead atoms. The van der Waals surface area contributed by atoms with E-state index in [1.807, 2.05) is 13.8 Å². The molecule has 0 rings (SSSR count). The lowest BCUT2D eigenvalue weighted by molar-refractivity contribution is -0.461. The predicted octanol–water partition coefficient (Wildman–Crippen LogP) is 12.6. The molecule has 0 aliphatic rings. The van der Waals surface area contributed by atoms with Gasteiger partial charge in [0.1, 0.15) is 0 Å². The van der Waals surface area contributed by atoms with E-state index in [-0.39, 0.29) is 19.0 Å². The number of rotatable bonds is 25. The van der Waals surface area contributed by atoms with Crippen molar-refractivity contribution in [3.63, 3.8) is 0 Å². The Labute approximate surface area is 269 Å². The van der Waals surface area contributed by atoms with Crippen LogP contribution in [0, 0.1) is 0 Å². The SMILES string of the molecule is CCCCCCCCN(CCCCCCCC)CCCCC(F)(F)C(F)(F)C(F)(F)C(F)(F)C(F)(F)C(F)(F)C(F)(F)C(F)(F)F.Cl. The first-order valence-corrected chi connectivity index (χ1v) is 15.2. The largest absolute Gasteiger partial charge is 0.460 e. The molecule has 0 saturated heterocycles. The number of halogens is 18. The molecule has 0 heterocycles. The Kier molecular flexibility index (Phi) is 19.4. The topological polar surface area (TPSA) is 3.24 Å². The van der Waals surface area contributed by atoms with Crippen LogP contribution >= 0.6 is 12.4 Å². The van der Waals surface area contributed by atoms with Crippen LogP contribution in [0.5, 0.6) is 0 Å². The molecule has 0 N–H and O–H groups in total. The Balaban J connectivity index is 0. The summed E-state index contributed by atoms with van der Waals surface area (Å²) in [5.74, 6) is -55.8. The van der Waals surface area contributed by atoms with Crippen LogP contribution in [-0.2, 0) is 0 Å². The Bertz CT molecular complexity index is 846. The maximum Gasteiger partial charge on any atom is 0.460 e. The lowest BCUT2D eigenvalue weighted by Gasteiger charge is -2.42. The van der Waals surface area contributed by atoms with Crippen LogP contribution in [0.25, 0.3) is 0 Å². The highest BCUT2D eigenvalue weighted by Crippen LogP contribution is 2.64. The average molecular weight is 752 g/mol. The maximum absolute atomic E-state index is 14.2. The zero-order valence-corrected chi connectivity index (χ0v) is 26.8. The normalized spacial score (nSPS) is 14.6. The molecule has 0 aromatic heterocycles. The van der Waals surface area contributed by atoms with E-state index < -0.39 is 66.9 Å². The van der Waals surface area contributed by atoms with Gasteiger partial charge in [-0.3, -0.25) is 0 Å². The minimum atomic E-state index is -8.59. The van der Waals surface area contributed by atoms with Gasteiger partial charge >= 0.3 is 47.6 Å². The Morgan fingerprint density at radius 1 is 0.340 bits per heavy atom. The molecular weight excluding hydrogens is 709 g/mol. The van der Waals surface area contributed by atoms with Crippen molar-refractivity contribution in [2.75, 3.05) is 19.6 Å². The van der Waals surface area contributed by atoms with E-state index in [0.717, 1.165) is 64.2 Å². The molecule has 0 spiro atoms. The van der Waals surface area contributed by atoms with Crippen molar-refractivity contribution in [3.8, 4) is 0 Å². The highest BCUT2D eigenvalue weighted by atomic mass is 35.5. The Morgan fingerprint density at radius 3 is 0.957 bits per heavy atom. The van der Waals surface area contributed by atoms with E-state index in [0.29, 0.717) is 25.9 Å². The van der Waals surface area contributed by atoms with Gasteiger partial charge in [0, 0.05) is 6.42 Å². The number of nitrogens with zero attached hydrogens (tertiary/aromatic N) is 1. The molecule has 47 heavy (non-hydrogen) atoms. The first-order valence-electron chi connectivity index (χ1n) is 15.2. The molecule has 0 aromatic carbocycles. The highest BCUT2D eigenvalue weighted by molar-refractivity contribution is 5.85. The second kappa shape index (κ2) is 18.9. The summed E-state index contributed by atoms with van der Waals surface area (Å²) in [5.41, 5.74) is 0. The molecule has 0 radical (unpaired) electrons. The Hall–Kier alpha value is -0.940. The van der Waals surface area contributed by atoms with Crippen molar-refractivity contribution in [1.29, 1.82) is 0 Å². The number of alkyl halides is 17. The quantitative estimate of drug-likeness (QED) is 0.0663. The summed E-state index contributed by atoms with van der Waals surface area (Å²) in [6, 6.07) is 0. The van der Waals surface area contributed by atoms with E-state index in [9.17, 15) is 74.6 Å². The van der Waals surface area contributed by atoms with Crippen LogP contribution in [0.3, 0.4) is 0 Å². The Morgan fingerprint density at radius 2 is 0.617 bits per heavy atom. The van der Waals surface area contributed by atoms with E-state index in [4.69, 9.17) is 0 Å². The smallest absolute Gasteiger partial charge is 0.303 e. The van der Waals surface area contributed by atoms with E-state index in [1.54, 1.807) is 4.90 Å². The molecule has 19 heteroatoms. The van der Waals surface area contributed by atoms with Crippen LogP contribution in [0.1, 0.15) is 110 Å². The summed E-state index contributed by atoms with van der Waals surface area (Å²) in [5, 5.41) is 0. The first kappa shape index (κ1) is 48.2. The van der Waals surface area contributed by atoms with Crippen LogP contribution in [0.2, 0.25) is 0 Å². The minimum absolute atomic E-state index is 0. The standard InChI is InChI=1S/C28H42F17N.ClH/c1-3-5-7-9-11-14-18-46(19-15-12-10-8-6-4-2)20-16-13-17-21(29,30)22(31,32)23(33,34)24(35,36)25(37,38)26(39,40)27(41,42)28(43,44)45;/h3-20H2,1-2H3;1H. The number of hydrogen-bond donors (Lipinski definition) is 0. The summed E-state index contributed by atoms with van der Waals surface area (Å²) in [7, 11) is 0. The second-order valence-electron chi connectivity index (χ2n) is 11.5. The third-order valence-electron chi connectivity index (χ3n) is 7.66. The van der Waals surface area contributed by atoms with Gasteiger partial charge < -0.3 is 4.90 Å². The molecule has 0 aliphatic heterocycles. The molecule has 0 atom stereocenters. The summed E-state index contributed by atoms with van der Waals surface area (Å²) in [4.78, 5) is 1.79. The fraction of sp³-hybridized carbons (Fsp3) is 1.00. The van der Waals surface area contributed by atoms with Crippen molar-refractivity contribution in [2.24, 2.45) is 0 Å². The van der Waals surface area contributed by atoms with Gasteiger partial charge in [-0.1, -0.05) is 78.1 Å². The first-order chi connectivity index (χ1) is 20.7. The van der Waals surface area contributed by atoms with Crippen molar-refractivity contribution in [1.82, 2.24) is 4.90 Å². The van der Waals surface area contributed by atoms with Gasteiger partial charge in [-0.2, -0.15) is 74.6 Å². The van der Waals surface area contributed by atoms with Crippen LogP contribution < -0.4 is 0 Å². The number of unbranched alkanes of at least 4 members (excludes halogenated alkanes) is 11. The third kappa shape index (κ3) is 11.3. The maximum atomic E-state index is 14.2. The van der Waals surface area contributed by atoms with E-state index in [1.165, 1.54) is 0 Å². The van der Waals surface area contributed by atoms with Gasteiger partial charge in [-0.05, 0) is 45.3 Å². The summed E-state index contributed by atoms with van der Waals surface area (Å²) < 4.78 is 229. The molecule has 0 aromatic rings. The third-order valence-corrected chi connectivity index (χ3v) is 7.66. The highest BCUT2D eigenvalue weighted by Gasteiger charge is 2.95. The molecular formula is C28H43ClF17N. The lowest BCUT2D eigenvalue weighted by atomic mass is 9.88. The van der Waals surface area contributed by atoms with Gasteiger partial charge in [0.05, 0.1) is 0 Å². The lowest BCUT2D eigenvalue weighted by Crippen LogP contribution is -2.74. The van der Waals surface area contributed by atoms with Gasteiger partial charge in [0.15, 0.2) is 0 Å². The predicted molar refractivity (Wildman–Crippen MR) is 145 cm³/mol. The molecule has 286 valence electrons. The average Bonchev–Trinajstić information content (AvgIpc) is 2.92. The molecule has 0 aliphatic carbocycles. The summed E-state index contributed by atoms with van der Waals surface area (Å²) >= 11 is 0. The number of hydrogen-bond acceptors (Lipinski definition) is 1. The monoisotopic (exact) mass is 751 g/mol. The van der Waals surface area contributed by atoms with Crippen LogP contribution in [-0.4, -0.2) is 72.2 Å². The van der Waals surface area contributed by atoms with E-state index in [2.05, 4.69) is 0 Å². The zero-order valence-electron chi connectivity index (χ0n) is 26.0. The van der Waals surface area contributed by atoms with Gasteiger partial charge in [0.25, 0.3) is 0 Å². The van der Waals surface area contributed by atoms with Gasteiger partial charge in [-0.15, -0.1) is 12.4 Å². The van der Waals surface area contributed by atoms with Crippen molar-refractivity contribution < 1.29 is 74.6 Å². The molecule has 0 fully saturated rings. The summed E-state index contributed by atoms with van der Waals surface area (Å²) in [6.07, 6.45) is -0.750. The molecule has 0 unspecified atom stereocenters. The molecule has 0 saturated carbocycles. The van der Waals surface area contributed by atoms with Gasteiger partial charge in [0.2, 0.25) is 0 Å². The van der Waals surface area contributed by atoms with Gasteiger partial charge in [-0.25, -0.2) is 0 Å². The fourth-order valence-corrected chi connectivity index (χ4v) is 4.60. The molecule has 1 nitrogen and oxygen atoms in total. The summed E-state index contributed by atoms with van der Waals surface area (Å²) in [6.45, 7) is 4.92. The molecule has 0 amide bonds. The van der Waals surface area contributed by atoms with E-state index >= 15 is 0 Å². The minimum Gasteiger partial charge on any atom is -0.303 e. The van der Waals surface area contributed by atoms with Crippen molar-refractivity contribution in [2.45, 2.75) is 158 Å². The van der Waals surface area contributed by atoms with Crippen molar-refractivity contribution >= 4 is 12.4 Å². The second-order valence-corrected chi connectivity index (χ2v) is 11.5. The van der Waals surface area contributed by atoms with Crippen LogP contribution in [0.4, 0.5) is 74.6 Å². The van der Waals surface area contributed by atoms with Crippen LogP contribution in [0.15, 0.2) is 0 Å². The van der Waals surface area contributed by atoms with Crippen molar-refractivity contribution in [3.05, 3.63) is 0 Å². The zero-order chi connectivity index (χ0) is 36.3. The fourth-order valence-electron chi connectivity index (χ4n) is 4.60.